The van der Waals surface area contributed by atoms with Crippen molar-refractivity contribution < 1.29 is 22.8 Å². The first kappa shape index (κ1) is 21.5. The highest BCUT2D eigenvalue weighted by Gasteiger charge is 2.34. The van der Waals surface area contributed by atoms with E-state index < -0.39 is 17.6 Å². The molecule has 3 rings (SSSR count). The zero-order chi connectivity index (χ0) is 18.9. The molecule has 0 bridgehead atoms. The van der Waals surface area contributed by atoms with E-state index in [-0.39, 0.29) is 41.6 Å². The molecule has 1 saturated heterocycles. The summed E-state index contributed by atoms with van der Waals surface area (Å²) in [6.07, 6.45) is -0.709. The molecular formula is C18H23ClF3N3O2. The number of amides is 2. The molecule has 150 valence electrons. The fourth-order valence-electron chi connectivity index (χ4n) is 3.52. The molecular weight excluding hydrogens is 383 g/mol. The van der Waals surface area contributed by atoms with E-state index in [4.69, 9.17) is 5.73 Å². The molecule has 2 fully saturated rings. The molecule has 0 radical (unpaired) electrons. The Bertz CT molecular complexity index is 704. The molecule has 1 heterocycles. The van der Waals surface area contributed by atoms with Crippen molar-refractivity contribution in [3.8, 4) is 0 Å². The van der Waals surface area contributed by atoms with Crippen LogP contribution in [0.3, 0.4) is 0 Å². The maximum atomic E-state index is 13.2. The average Bonchev–Trinajstić information content (AvgIpc) is 3.02. The molecule has 1 saturated carbocycles. The molecule has 2 aliphatic rings. The van der Waals surface area contributed by atoms with Crippen molar-refractivity contribution in [2.24, 2.45) is 5.73 Å². The van der Waals surface area contributed by atoms with Gasteiger partial charge in [-0.25, -0.2) is 0 Å². The highest BCUT2D eigenvalue weighted by molar-refractivity contribution is 5.99. The molecule has 1 aromatic carbocycles. The van der Waals surface area contributed by atoms with E-state index in [2.05, 4.69) is 5.32 Å². The zero-order valence-electron chi connectivity index (χ0n) is 14.7. The van der Waals surface area contributed by atoms with Gasteiger partial charge in [-0.3, -0.25) is 9.59 Å². The normalized spacial score (nSPS) is 23.1. The highest BCUT2D eigenvalue weighted by atomic mass is 35.5. The van der Waals surface area contributed by atoms with Crippen LogP contribution >= 0.6 is 12.4 Å². The van der Waals surface area contributed by atoms with E-state index in [1.807, 2.05) is 0 Å². The maximum Gasteiger partial charge on any atom is 0.416 e. The Hall–Kier alpha value is -1.80. The molecule has 0 spiro atoms. The second kappa shape index (κ2) is 8.48. The summed E-state index contributed by atoms with van der Waals surface area (Å²) < 4.78 is 39.7. The first-order chi connectivity index (χ1) is 12.2. The summed E-state index contributed by atoms with van der Waals surface area (Å²) in [6, 6.07) is 3.16. The summed E-state index contributed by atoms with van der Waals surface area (Å²) in [5.74, 6) is -0.776. The van der Waals surface area contributed by atoms with E-state index >= 15 is 0 Å². The van der Waals surface area contributed by atoms with Crippen molar-refractivity contribution in [3.05, 3.63) is 29.3 Å². The number of hydrogen-bond acceptors (Lipinski definition) is 3. The van der Waals surface area contributed by atoms with Gasteiger partial charge in [0.05, 0.1) is 5.56 Å². The van der Waals surface area contributed by atoms with Crippen LogP contribution in [-0.4, -0.2) is 30.4 Å². The lowest BCUT2D eigenvalue weighted by Crippen LogP contribution is -2.40. The van der Waals surface area contributed by atoms with Gasteiger partial charge in [-0.15, -0.1) is 12.4 Å². The summed E-state index contributed by atoms with van der Waals surface area (Å²) in [6.45, 7) is 0.363. The fourth-order valence-corrected chi connectivity index (χ4v) is 3.52. The number of alkyl halides is 3. The Labute approximate surface area is 161 Å². The number of halogens is 4. The van der Waals surface area contributed by atoms with Gasteiger partial charge in [0, 0.05) is 36.3 Å². The fraction of sp³-hybridized carbons (Fsp3) is 0.556. The number of hydrogen-bond donors (Lipinski definition) is 2. The van der Waals surface area contributed by atoms with Gasteiger partial charge in [-0.1, -0.05) is 0 Å². The predicted octanol–water partition coefficient (Wildman–Crippen LogP) is 3.25. The van der Waals surface area contributed by atoms with E-state index in [0.29, 0.717) is 32.2 Å². The maximum absolute atomic E-state index is 13.2. The molecule has 9 heteroatoms. The van der Waals surface area contributed by atoms with E-state index in [9.17, 15) is 22.8 Å². The molecule has 0 atom stereocenters. The van der Waals surface area contributed by atoms with Crippen molar-refractivity contribution in [2.75, 3.05) is 11.4 Å². The standard InChI is InChI=1S/C18H22F3N3O2.ClH/c19-18(20,21)12-8-11(9-15(10-12)24-7-1-2-16(24)25)17(26)23-14-5-3-13(22)4-6-14;/h8-10,13-14H,1-7,22H2,(H,23,26);1H. The minimum absolute atomic E-state index is 0. The summed E-state index contributed by atoms with van der Waals surface area (Å²) >= 11 is 0. The van der Waals surface area contributed by atoms with Crippen LogP contribution in [0.4, 0.5) is 18.9 Å². The number of rotatable bonds is 3. The van der Waals surface area contributed by atoms with Crippen LogP contribution < -0.4 is 16.0 Å². The molecule has 1 aliphatic heterocycles. The molecule has 27 heavy (non-hydrogen) atoms. The lowest BCUT2D eigenvalue weighted by atomic mass is 9.91. The van der Waals surface area contributed by atoms with Gasteiger partial charge in [-0.2, -0.15) is 13.2 Å². The summed E-state index contributed by atoms with van der Waals surface area (Å²) in [4.78, 5) is 25.7. The molecule has 3 N–H and O–H groups in total. The van der Waals surface area contributed by atoms with E-state index in [0.717, 1.165) is 25.0 Å². The highest BCUT2D eigenvalue weighted by Crippen LogP contribution is 2.34. The van der Waals surface area contributed by atoms with Crippen molar-refractivity contribution in [2.45, 2.75) is 56.8 Å². The van der Waals surface area contributed by atoms with Gasteiger partial charge >= 0.3 is 6.18 Å². The van der Waals surface area contributed by atoms with Gasteiger partial charge in [0.1, 0.15) is 0 Å². The third-order valence-electron chi connectivity index (χ3n) is 5.00. The molecule has 1 aliphatic carbocycles. The summed E-state index contributed by atoms with van der Waals surface area (Å²) in [5.41, 5.74) is 4.95. The van der Waals surface area contributed by atoms with Crippen LogP contribution in [0.15, 0.2) is 18.2 Å². The molecule has 5 nitrogen and oxygen atoms in total. The minimum Gasteiger partial charge on any atom is -0.349 e. The molecule has 2 amide bonds. The smallest absolute Gasteiger partial charge is 0.349 e. The summed E-state index contributed by atoms with van der Waals surface area (Å²) in [7, 11) is 0. The minimum atomic E-state index is -4.59. The van der Waals surface area contributed by atoms with Crippen LogP contribution in [0.1, 0.15) is 54.4 Å². The van der Waals surface area contributed by atoms with Crippen LogP contribution in [0.25, 0.3) is 0 Å². The van der Waals surface area contributed by atoms with E-state index in [1.54, 1.807) is 0 Å². The van der Waals surface area contributed by atoms with Gasteiger partial charge in [0.15, 0.2) is 0 Å². The van der Waals surface area contributed by atoms with Crippen LogP contribution in [0.2, 0.25) is 0 Å². The second-order valence-electron chi connectivity index (χ2n) is 7.00. The Morgan fingerprint density at radius 3 is 2.37 bits per heavy atom. The number of nitrogens with one attached hydrogen (secondary N) is 1. The quantitative estimate of drug-likeness (QED) is 0.810. The first-order valence-electron chi connectivity index (χ1n) is 8.83. The zero-order valence-corrected chi connectivity index (χ0v) is 15.5. The largest absolute Gasteiger partial charge is 0.416 e. The van der Waals surface area contributed by atoms with Crippen molar-refractivity contribution in [1.29, 1.82) is 0 Å². The van der Waals surface area contributed by atoms with Crippen molar-refractivity contribution in [1.82, 2.24) is 5.32 Å². The Kier molecular flexibility index (Phi) is 6.75. The molecule has 0 aromatic heterocycles. The SMILES string of the molecule is Cl.NC1CCC(NC(=O)c2cc(N3CCCC3=O)cc(C(F)(F)F)c2)CC1. The topological polar surface area (TPSA) is 75.4 Å². The monoisotopic (exact) mass is 405 g/mol. The summed E-state index contributed by atoms with van der Waals surface area (Å²) in [5, 5.41) is 2.80. The van der Waals surface area contributed by atoms with Gasteiger partial charge in [0.2, 0.25) is 5.91 Å². The lowest BCUT2D eigenvalue weighted by Gasteiger charge is -2.27. The third kappa shape index (κ3) is 5.13. The first-order valence-corrected chi connectivity index (χ1v) is 8.83. The van der Waals surface area contributed by atoms with Gasteiger partial charge < -0.3 is 16.0 Å². The Balaban J connectivity index is 0.00000261. The number of carbonyl (C=O) groups excluding carboxylic acids is 2. The van der Waals surface area contributed by atoms with Gasteiger partial charge in [0.25, 0.3) is 5.91 Å². The Morgan fingerprint density at radius 2 is 1.81 bits per heavy atom. The van der Waals surface area contributed by atoms with Crippen LogP contribution in [0.5, 0.6) is 0 Å². The molecule has 0 unspecified atom stereocenters. The number of nitrogens with zero attached hydrogens (tertiary/aromatic N) is 1. The van der Waals surface area contributed by atoms with Crippen molar-refractivity contribution >= 4 is 29.9 Å². The number of benzene rings is 1. The Morgan fingerprint density at radius 1 is 1.15 bits per heavy atom. The van der Waals surface area contributed by atoms with Gasteiger partial charge in [-0.05, 0) is 50.3 Å². The number of anilines is 1. The third-order valence-corrected chi connectivity index (χ3v) is 5.00. The van der Waals surface area contributed by atoms with Crippen molar-refractivity contribution in [3.63, 3.8) is 0 Å². The molecule has 1 aromatic rings. The lowest BCUT2D eigenvalue weighted by molar-refractivity contribution is -0.137. The average molecular weight is 406 g/mol. The van der Waals surface area contributed by atoms with Crippen LogP contribution in [-0.2, 0) is 11.0 Å². The number of carbonyl (C=O) groups is 2. The second-order valence-corrected chi connectivity index (χ2v) is 7.00. The van der Waals surface area contributed by atoms with E-state index in [1.165, 1.54) is 11.0 Å². The van der Waals surface area contributed by atoms with Crippen LogP contribution in [0, 0.1) is 0 Å². The predicted molar refractivity (Wildman–Crippen MR) is 98.0 cm³/mol. The number of nitrogens with two attached hydrogens (primary N) is 1.